The molecule has 1 aromatic heterocycles. The number of carbonyl (C=O) groups is 1. The smallest absolute Gasteiger partial charge is 0.260 e. The van der Waals surface area contributed by atoms with Gasteiger partial charge in [-0.05, 0) is 12.1 Å². The van der Waals surface area contributed by atoms with Crippen LogP contribution in [0.4, 0.5) is 10.1 Å². The van der Waals surface area contributed by atoms with Crippen LogP contribution < -0.4 is 14.8 Å². The summed E-state index contributed by atoms with van der Waals surface area (Å²) in [6.45, 7) is 0. The van der Waals surface area contributed by atoms with Crippen LogP contribution in [0.25, 0.3) is 0 Å². The van der Waals surface area contributed by atoms with Crippen LogP contribution in [0.3, 0.4) is 0 Å². The lowest BCUT2D eigenvalue weighted by Gasteiger charge is -2.12. The van der Waals surface area contributed by atoms with Crippen LogP contribution in [-0.2, 0) is 0 Å². The maximum absolute atomic E-state index is 13.5. The van der Waals surface area contributed by atoms with E-state index < -0.39 is 11.9 Å². The molecule has 0 bridgehead atoms. The summed E-state index contributed by atoms with van der Waals surface area (Å²) in [5.41, 5.74) is 0.103. The number of benzene rings is 1. The van der Waals surface area contributed by atoms with Crippen molar-refractivity contribution in [2.45, 2.75) is 0 Å². The van der Waals surface area contributed by atoms with Crippen molar-refractivity contribution in [3.8, 4) is 11.5 Å². The summed E-state index contributed by atoms with van der Waals surface area (Å²) in [6, 6.07) is 5.78. The Bertz CT molecular complexity index is 679. The van der Waals surface area contributed by atoms with Crippen LogP contribution in [-0.4, -0.2) is 25.1 Å². The molecule has 0 atom stereocenters. The van der Waals surface area contributed by atoms with E-state index in [1.54, 1.807) is 0 Å². The van der Waals surface area contributed by atoms with Gasteiger partial charge >= 0.3 is 0 Å². The van der Waals surface area contributed by atoms with Gasteiger partial charge in [0.15, 0.2) is 11.5 Å². The Morgan fingerprint density at radius 2 is 1.95 bits per heavy atom. The maximum atomic E-state index is 13.5. The summed E-state index contributed by atoms with van der Waals surface area (Å²) in [5.74, 6) is -0.696. The number of pyridine rings is 1. The molecule has 2 aromatic rings. The molecule has 110 valence electrons. The predicted octanol–water partition coefficient (Wildman–Crippen LogP) is 3.14. The number of ether oxygens (including phenoxy) is 2. The van der Waals surface area contributed by atoms with Gasteiger partial charge in [-0.15, -0.1) is 0 Å². The minimum absolute atomic E-state index is 0.177. The molecule has 1 N–H and O–H groups in total. The quantitative estimate of drug-likeness (QED) is 0.881. The van der Waals surface area contributed by atoms with E-state index in [9.17, 15) is 9.18 Å². The molecule has 1 heterocycles. The Hall–Kier alpha value is -2.34. The first kappa shape index (κ1) is 15.1. The molecule has 0 saturated carbocycles. The summed E-state index contributed by atoms with van der Waals surface area (Å²) >= 11 is 6.05. The van der Waals surface area contributed by atoms with Gasteiger partial charge in [0.1, 0.15) is 0 Å². The number of hydrogen-bond donors (Lipinski definition) is 1. The SMILES string of the molecule is COc1cc(Cl)c(NC(=O)c2cccnc2F)cc1OC. The van der Waals surface area contributed by atoms with Crippen molar-refractivity contribution in [3.63, 3.8) is 0 Å². The van der Waals surface area contributed by atoms with Gasteiger partial charge in [-0.1, -0.05) is 11.6 Å². The van der Waals surface area contributed by atoms with Crippen molar-refractivity contribution in [3.05, 3.63) is 47.0 Å². The van der Waals surface area contributed by atoms with E-state index in [1.807, 2.05) is 0 Å². The molecule has 0 aliphatic rings. The van der Waals surface area contributed by atoms with E-state index in [1.165, 1.54) is 44.7 Å². The van der Waals surface area contributed by atoms with Gasteiger partial charge in [0.2, 0.25) is 5.95 Å². The molecule has 21 heavy (non-hydrogen) atoms. The molecule has 1 amide bonds. The second-order valence-electron chi connectivity index (χ2n) is 3.98. The van der Waals surface area contributed by atoms with Crippen molar-refractivity contribution in [1.29, 1.82) is 0 Å². The molecule has 0 aliphatic heterocycles. The van der Waals surface area contributed by atoms with Crippen LogP contribution in [0.15, 0.2) is 30.5 Å². The van der Waals surface area contributed by atoms with Crippen molar-refractivity contribution >= 4 is 23.2 Å². The van der Waals surface area contributed by atoms with Crippen LogP contribution in [0.1, 0.15) is 10.4 Å². The molecular formula is C14H12ClFN2O3. The Kier molecular flexibility index (Phi) is 4.59. The van der Waals surface area contributed by atoms with Gasteiger partial charge in [0, 0.05) is 18.3 Å². The summed E-state index contributed by atoms with van der Waals surface area (Å²) in [5, 5.41) is 2.75. The zero-order valence-electron chi connectivity index (χ0n) is 11.3. The van der Waals surface area contributed by atoms with Gasteiger partial charge in [0.25, 0.3) is 5.91 Å². The van der Waals surface area contributed by atoms with Gasteiger partial charge in [0.05, 0.1) is 30.5 Å². The second-order valence-corrected chi connectivity index (χ2v) is 4.39. The molecule has 7 heteroatoms. The second kappa shape index (κ2) is 6.41. The standard InChI is InChI=1S/C14H12ClFN2O3/c1-20-11-6-9(15)10(7-12(11)21-2)18-14(19)8-4-3-5-17-13(8)16/h3-7H,1-2H3,(H,18,19). The van der Waals surface area contributed by atoms with E-state index in [2.05, 4.69) is 10.3 Å². The number of rotatable bonds is 4. The lowest BCUT2D eigenvalue weighted by Crippen LogP contribution is -2.14. The normalized spacial score (nSPS) is 10.1. The summed E-state index contributed by atoms with van der Waals surface area (Å²) < 4.78 is 23.7. The fourth-order valence-electron chi connectivity index (χ4n) is 1.70. The van der Waals surface area contributed by atoms with Crippen molar-refractivity contribution < 1.29 is 18.7 Å². The van der Waals surface area contributed by atoms with Crippen LogP contribution in [0.2, 0.25) is 5.02 Å². The predicted molar refractivity (Wildman–Crippen MR) is 76.7 cm³/mol. The third-order valence-electron chi connectivity index (χ3n) is 2.73. The van der Waals surface area contributed by atoms with Crippen molar-refractivity contribution in [1.82, 2.24) is 4.98 Å². The highest BCUT2D eigenvalue weighted by Gasteiger charge is 2.16. The van der Waals surface area contributed by atoms with Crippen LogP contribution in [0.5, 0.6) is 11.5 Å². The summed E-state index contributed by atoms with van der Waals surface area (Å²) in [7, 11) is 2.93. The zero-order valence-corrected chi connectivity index (χ0v) is 12.1. The molecule has 1 aromatic carbocycles. The lowest BCUT2D eigenvalue weighted by atomic mass is 10.2. The van der Waals surface area contributed by atoms with Gasteiger partial charge in [-0.2, -0.15) is 4.39 Å². The fraction of sp³-hybridized carbons (Fsp3) is 0.143. The Balaban J connectivity index is 2.31. The number of nitrogens with one attached hydrogen (secondary N) is 1. The minimum Gasteiger partial charge on any atom is -0.493 e. The number of anilines is 1. The molecular weight excluding hydrogens is 299 g/mol. The molecule has 2 rings (SSSR count). The van der Waals surface area contributed by atoms with Crippen LogP contribution >= 0.6 is 11.6 Å². The molecule has 0 radical (unpaired) electrons. The topological polar surface area (TPSA) is 60.5 Å². The number of aromatic nitrogens is 1. The Labute approximate surface area is 125 Å². The van der Waals surface area contributed by atoms with Crippen molar-refractivity contribution in [2.75, 3.05) is 19.5 Å². The fourth-order valence-corrected chi connectivity index (χ4v) is 1.90. The number of methoxy groups -OCH3 is 2. The third kappa shape index (κ3) is 3.22. The van der Waals surface area contributed by atoms with Crippen molar-refractivity contribution in [2.24, 2.45) is 0 Å². The highest BCUT2D eigenvalue weighted by Crippen LogP contribution is 2.36. The number of nitrogens with zero attached hydrogens (tertiary/aromatic N) is 1. The van der Waals surface area contributed by atoms with E-state index in [0.717, 1.165) is 0 Å². The van der Waals surface area contributed by atoms with Gasteiger partial charge in [-0.25, -0.2) is 4.98 Å². The molecule has 5 nitrogen and oxygen atoms in total. The number of hydrogen-bond acceptors (Lipinski definition) is 4. The van der Waals surface area contributed by atoms with E-state index >= 15 is 0 Å². The summed E-state index contributed by atoms with van der Waals surface area (Å²) in [6.07, 6.45) is 1.26. The zero-order chi connectivity index (χ0) is 15.4. The molecule has 0 saturated heterocycles. The lowest BCUT2D eigenvalue weighted by molar-refractivity contribution is 0.102. The van der Waals surface area contributed by atoms with Gasteiger partial charge in [-0.3, -0.25) is 4.79 Å². The first-order valence-corrected chi connectivity index (χ1v) is 6.28. The highest BCUT2D eigenvalue weighted by atomic mass is 35.5. The van der Waals surface area contributed by atoms with E-state index in [4.69, 9.17) is 21.1 Å². The highest BCUT2D eigenvalue weighted by molar-refractivity contribution is 6.34. The number of amides is 1. The largest absolute Gasteiger partial charge is 0.493 e. The molecule has 0 fully saturated rings. The third-order valence-corrected chi connectivity index (χ3v) is 3.04. The molecule has 0 unspecified atom stereocenters. The number of carbonyl (C=O) groups excluding carboxylic acids is 1. The maximum Gasteiger partial charge on any atom is 0.260 e. The molecule has 0 spiro atoms. The average Bonchev–Trinajstić information content (AvgIpc) is 2.49. The Morgan fingerprint density at radius 1 is 1.29 bits per heavy atom. The first-order chi connectivity index (χ1) is 10.1. The van der Waals surface area contributed by atoms with E-state index in [0.29, 0.717) is 11.5 Å². The summed E-state index contributed by atoms with van der Waals surface area (Å²) in [4.78, 5) is 15.4. The van der Waals surface area contributed by atoms with Gasteiger partial charge < -0.3 is 14.8 Å². The monoisotopic (exact) mass is 310 g/mol. The number of halogens is 2. The minimum atomic E-state index is -0.855. The Morgan fingerprint density at radius 3 is 2.57 bits per heavy atom. The molecule has 0 aliphatic carbocycles. The van der Waals surface area contributed by atoms with E-state index in [-0.39, 0.29) is 16.3 Å². The van der Waals surface area contributed by atoms with Crippen LogP contribution in [0, 0.1) is 5.95 Å². The average molecular weight is 311 g/mol. The first-order valence-electron chi connectivity index (χ1n) is 5.90.